The second-order valence-electron chi connectivity index (χ2n) is 5.37. The third-order valence-corrected chi connectivity index (χ3v) is 3.69. The molecule has 0 aliphatic heterocycles. The van der Waals surface area contributed by atoms with E-state index in [9.17, 15) is 18.0 Å². The number of nitriles is 1. The number of rotatable bonds is 3. The second-order valence-corrected chi connectivity index (χ2v) is 5.37. The van der Waals surface area contributed by atoms with E-state index in [0.717, 1.165) is 0 Å². The molecule has 0 bridgehead atoms. The summed E-state index contributed by atoms with van der Waals surface area (Å²) in [6, 6.07) is 2.99. The van der Waals surface area contributed by atoms with Crippen LogP contribution in [-0.2, 0) is 18.8 Å². The van der Waals surface area contributed by atoms with E-state index in [-0.39, 0.29) is 28.2 Å². The molecule has 0 aliphatic rings. The summed E-state index contributed by atoms with van der Waals surface area (Å²) >= 11 is 0. The average molecular weight is 340 g/mol. The highest BCUT2D eigenvalue weighted by Crippen LogP contribution is 2.39. The third-order valence-electron chi connectivity index (χ3n) is 3.69. The first-order valence-electron chi connectivity index (χ1n) is 6.90. The van der Waals surface area contributed by atoms with Gasteiger partial charge in [-0.1, -0.05) is 0 Å². The zero-order valence-electron chi connectivity index (χ0n) is 13.5. The molecule has 2 aromatic heterocycles. The molecule has 2 rings (SSSR count). The largest absolute Gasteiger partial charge is 0.443 e. The number of aromatic nitrogens is 3. The van der Waals surface area contributed by atoms with Crippen molar-refractivity contribution in [3.8, 4) is 6.07 Å². The fourth-order valence-electron chi connectivity index (χ4n) is 2.45. The Bertz CT molecular complexity index is 827. The van der Waals surface area contributed by atoms with Crippen molar-refractivity contribution in [1.82, 2.24) is 14.3 Å². The molecular weight excluding hydrogens is 325 g/mol. The van der Waals surface area contributed by atoms with Crippen molar-refractivity contribution in [2.24, 2.45) is 14.1 Å². The van der Waals surface area contributed by atoms with Crippen LogP contribution in [0.2, 0.25) is 0 Å². The molecule has 24 heavy (non-hydrogen) atoms. The number of ether oxygens (including phenoxy) is 1. The van der Waals surface area contributed by atoms with E-state index in [1.807, 2.05) is 6.07 Å². The van der Waals surface area contributed by atoms with Gasteiger partial charge < -0.3 is 9.30 Å². The van der Waals surface area contributed by atoms with Crippen molar-refractivity contribution in [1.29, 1.82) is 5.26 Å². The number of esters is 1. The molecule has 0 N–H and O–H groups in total. The van der Waals surface area contributed by atoms with Gasteiger partial charge in [0.1, 0.15) is 11.8 Å². The molecule has 0 radical (unpaired) electrons. The molecular formula is C15H15F3N4O2. The predicted molar refractivity (Wildman–Crippen MR) is 77.0 cm³/mol. The van der Waals surface area contributed by atoms with Gasteiger partial charge in [-0.2, -0.15) is 23.5 Å². The number of nitrogens with zero attached hydrogens (tertiary/aromatic N) is 4. The standard InChI is InChI=1S/C15H15F3N4O2/c1-8-12(9(2)22(4)20-8)13(15(16,17)18)24-14(23)11-5-10(6-19)7-21(11)3/h5,7,13H,1-4H3. The first-order valence-corrected chi connectivity index (χ1v) is 6.90. The topological polar surface area (TPSA) is 72.8 Å². The Hall–Kier alpha value is -2.76. The van der Waals surface area contributed by atoms with E-state index in [2.05, 4.69) is 5.10 Å². The summed E-state index contributed by atoms with van der Waals surface area (Å²) in [6.45, 7) is 2.89. The number of halogens is 3. The van der Waals surface area contributed by atoms with Crippen molar-refractivity contribution < 1.29 is 22.7 Å². The minimum Gasteiger partial charge on any atom is -0.443 e. The Kier molecular flexibility index (Phi) is 4.42. The van der Waals surface area contributed by atoms with E-state index in [1.165, 1.54) is 49.5 Å². The Morgan fingerprint density at radius 1 is 1.38 bits per heavy atom. The molecule has 2 heterocycles. The normalized spacial score (nSPS) is 12.8. The lowest BCUT2D eigenvalue weighted by Crippen LogP contribution is -2.28. The number of hydrogen-bond donors (Lipinski definition) is 0. The van der Waals surface area contributed by atoms with E-state index >= 15 is 0 Å². The van der Waals surface area contributed by atoms with Crippen molar-refractivity contribution in [3.63, 3.8) is 0 Å². The summed E-state index contributed by atoms with van der Waals surface area (Å²) in [5.74, 6) is -1.16. The average Bonchev–Trinajstić information content (AvgIpc) is 2.96. The minimum atomic E-state index is -4.79. The van der Waals surface area contributed by atoms with Crippen LogP contribution in [0.1, 0.15) is 39.1 Å². The first-order chi connectivity index (χ1) is 11.1. The van der Waals surface area contributed by atoms with Crippen LogP contribution in [-0.4, -0.2) is 26.5 Å². The van der Waals surface area contributed by atoms with Gasteiger partial charge >= 0.3 is 12.1 Å². The van der Waals surface area contributed by atoms with Crippen LogP contribution in [0.3, 0.4) is 0 Å². The summed E-state index contributed by atoms with van der Waals surface area (Å²) in [4.78, 5) is 12.2. The van der Waals surface area contributed by atoms with Crippen molar-refractivity contribution in [2.45, 2.75) is 26.1 Å². The molecule has 0 spiro atoms. The molecule has 0 amide bonds. The number of hydrogen-bond acceptors (Lipinski definition) is 4. The summed E-state index contributed by atoms with van der Waals surface area (Å²) in [6.07, 6.45) is -5.89. The number of carbonyl (C=O) groups is 1. The molecule has 6 nitrogen and oxygen atoms in total. The van der Waals surface area contributed by atoms with Crippen LogP contribution in [0, 0.1) is 25.2 Å². The lowest BCUT2D eigenvalue weighted by Gasteiger charge is -2.21. The van der Waals surface area contributed by atoms with E-state index in [4.69, 9.17) is 10.00 Å². The van der Waals surface area contributed by atoms with Crippen molar-refractivity contribution >= 4 is 5.97 Å². The van der Waals surface area contributed by atoms with Gasteiger partial charge in [0.15, 0.2) is 0 Å². The lowest BCUT2D eigenvalue weighted by atomic mass is 10.1. The fraction of sp³-hybridized carbons (Fsp3) is 0.400. The maximum Gasteiger partial charge on any atom is 0.430 e. The summed E-state index contributed by atoms with van der Waals surface area (Å²) in [5.41, 5.74) is 0.219. The summed E-state index contributed by atoms with van der Waals surface area (Å²) in [5, 5.41) is 12.8. The molecule has 2 aromatic rings. The van der Waals surface area contributed by atoms with Crippen LogP contribution in [0.4, 0.5) is 13.2 Å². The van der Waals surface area contributed by atoms with Gasteiger partial charge in [-0.05, 0) is 19.9 Å². The molecule has 0 aromatic carbocycles. The van der Waals surface area contributed by atoms with Crippen LogP contribution in [0.15, 0.2) is 12.3 Å². The van der Waals surface area contributed by atoms with Crippen molar-refractivity contribution in [3.05, 3.63) is 40.5 Å². The maximum absolute atomic E-state index is 13.4. The van der Waals surface area contributed by atoms with E-state index in [0.29, 0.717) is 0 Å². The SMILES string of the molecule is Cc1nn(C)c(C)c1C(OC(=O)c1cc(C#N)cn1C)C(F)(F)F. The Labute approximate surface area is 136 Å². The Morgan fingerprint density at radius 3 is 2.42 bits per heavy atom. The quantitative estimate of drug-likeness (QED) is 0.806. The number of aryl methyl sites for hydroxylation is 3. The van der Waals surface area contributed by atoms with Crippen LogP contribution in [0.25, 0.3) is 0 Å². The van der Waals surface area contributed by atoms with Crippen LogP contribution in [0.5, 0.6) is 0 Å². The van der Waals surface area contributed by atoms with Gasteiger partial charge in [0, 0.05) is 31.5 Å². The first kappa shape index (κ1) is 17.6. The highest BCUT2D eigenvalue weighted by Gasteiger charge is 2.47. The van der Waals surface area contributed by atoms with Gasteiger partial charge in [-0.3, -0.25) is 4.68 Å². The predicted octanol–water partition coefficient (Wildman–Crippen LogP) is 2.71. The van der Waals surface area contributed by atoms with Gasteiger partial charge in [0.05, 0.1) is 11.3 Å². The lowest BCUT2D eigenvalue weighted by molar-refractivity contribution is -0.207. The van der Waals surface area contributed by atoms with Gasteiger partial charge in [0.25, 0.3) is 0 Å². The highest BCUT2D eigenvalue weighted by molar-refractivity contribution is 5.88. The Morgan fingerprint density at radius 2 is 2.00 bits per heavy atom. The molecule has 0 aliphatic carbocycles. The summed E-state index contributed by atoms with van der Waals surface area (Å²) < 4.78 is 47.6. The molecule has 0 fully saturated rings. The second kappa shape index (κ2) is 6.03. The molecule has 1 unspecified atom stereocenters. The monoisotopic (exact) mass is 340 g/mol. The molecule has 0 saturated heterocycles. The molecule has 128 valence electrons. The molecule has 1 atom stereocenters. The van der Waals surface area contributed by atoms with Gasteiger partial charge in [0.2, 0.25) is 6.10 Å². The number of carbonyl (C=O) groups excluding carboxylic acids is 1. The molecule has 9 heteroatoms. The maximum atomic E-state index is 13.4. The van der Waals surface area contributed by atoms with Crippen LogP contribution >= 0.6 is 0 Å². The fourth-order valence-corrected chi connectivity index (χ4v) is 2.45. The van der Waals surface area contributed by atoms with Gasteiger partial charge in [-0.15, -0.1) is 0 Å². The highest BCUT2D eigenvalue weighted by atomic mass is 19.4. The zero-order chi connectivity index (χ0) is 18.2. The Balaban J connectivity index is 2.42. The minimum absolute atomic E-state index is 0.134. The number of alkyl halides is 3. The van der Waals surface area contributed by atoms with Gasteiger partial charge in [-0.25, -0.2) is 4.79 Å². The third kappa shape index (κ3) is 3.13. The van der Waals surface area contributed by atoms with E-state index in [1.54, 1.807) is 0 Å². The smallest absolute Gasteiger partial charge is 0.430 e. The molecule has 0 saturated carbocycles. The van der Waals surface area contributed by atoms with Crippen LogP contribution < -0.4 is 0 Å². The van der Waals surface area contributed by atoms with E-state index < -0.39 is 18.2 Å². The summed E-state index contributed by atoms with van der Waals surface area (Å²) in [7, 11) is 2.96. The van der Waals surface area contributed by atoms with Crippen molar-refractivity contribution in [2.75, 3.05) is 0 Å². The zero-order valence-corrected chi connectivity index (χ0v) is 13.5.